The van der Waals surface area contributed by atoms with Gasteiger partial charge in [0.2, 0.25) is 5.91 Å². The lowest BCUT2D eigenvalue weighted by Gasteiger charge is -2.09. The van der Waals surface area contributed by atoms with Crippen LogP contribution in [0.15, 0.2) is 30.3 Å². The molecular weight excluding hydrogens is 282 g/mol. The second-order valence-electron chi connectivity index (χ2n) is 4.87. The minimum Gasteiger partial charge on any atom is -0.497 e. The van der Waals surface area contributed by atoms with Gasteiger partial charge in [-0.25, -0.2) is 4.79 Å². The zero-order chi connectivity index (χ0) is 16.4. The van der Waals surface area contributed by atoms with Gasteiger partial charge >= 0.3 is 5.97 Å². The highest BCUT2D eigenvalue weighted by Gasteiger charge is 2.09. The van der Waals surface area contributed by atoms with Gasteiger partial charge in [-0.1, -0.05) is 26.0 Å². The fraction of sp³-hybridized carbons (Fsp3) is 0.412. The quantitative estimate of drug-likeness (QED) is 0.455. The molecule has 0 fully saturated rings. The number of ether oxygens (including phenoxy) is 2. The molecule has 5 nitrogen and oxygen atoms in total. The number of benzene rings is 1. The Labute approximate surface area is 131 Å². The molecule has 1 aromatic rings. The average molecular weight is 305 g/mol. The van der Waals surface area contributed by atoms with Gasteiger partial charge in [-0.3, -0.25) is 4.79 Å². The predicted octanol–water partition coefficient (Wildman–Crippen LogP) is 2.41. The molecule has 5 heteroatoms. The lowest BCUT2D eigenvalue weighted by Crippen LogP contribution is -2.32. The summed E-state index contributed by atoms with van der Waals surface area (Å²) < 4.78 is 10.1. The van der Waals surface area contributed by atoms with E-state index < -0.39 is 5.97 Å². The molecule has 0 saturated carbocycles. The van der Waals surface area contributed by atoms with E-state index in [2.05, 4.69) is 5.32 Å². The van der Waals surface area contributed by atoms with E-state index in [0.29, 0.717) is 6.54 Å². The summed E-state index contributed by atoms with van der Waals surface area (Å²) in [5, 5.41) is 2.72. The molecule has 0 aliphatic carbocycles. The van der Waals surface area contributed by atoms with Gasteiger partial charge in [0.05, 0.1) is 13.7 Å². The highest BCUT2D eigenvalue weighted by Crippen LogP contribution is 2.12. The number of hydrogen-bond acceptors (Lipinski definition) is 4. The lowest BCUT2D eigenvalue weighted by molar-refractivity contribution is -0.138. The fourth-order valence-electron chi connectivity index (χ4n) is 1.61. The van der Waals surface area contributed by atoms with Crippen LogP contribution >= 0.6 is 0 Å². The molecule has 0 spiro atoms. The van der Waals surface area contributed by atoms with E-state index in [1.165, 1.54) is 6.08 Å². The normalized spacial score (nSPS) is 12.0. The number of carbonyl (C=O) groups is 2. The first-order chi connectivity index (χ1) is 10.6. The molecule has 0 bridgehead atoms. The maximum absolute atomic E-state index is 11.5. The van der Waals surface area contributed by atoms with Gasteiger partial charge in [0.1, 0.15) is 12.4 Å². The Morgan fingerprint density at radius 3 is 2.55 bits per heavy atom. The minimum absolute atomic E-state index is 0.0210. The monoisotopic (exact) mass is 305 g/mol. The van der Waals surface area contributed by atoms with E-state index in [-0.39, 0.29) is 18.4 Å². The molecule has 1 aromatic carbocycles. The summed E-state index contributed by atoms with van der Waals surface area (Å²) in [6.45, 7) is 4.30. The van der Waals surface area contributed by atoms with E-state index in [1.54, 1.807) is 13.2 Å². The molecule has 1 atom stereocenters. The molecule has 0 heterocycles. The van der Waals surface area contributed by atoms with E-state index in [0.717, 1.165) is 17.7 Å². The molecule has 120 valence electrons. The highest BCUT2D eigenvalue weighted by atomic mass is 16.5. The Bertz CT molecular complexity index is 508. The zero-order valence-electron chi connectivity index (χ0n) is 13.3. The number of methoxy groups -OCH3 is 1. The van der Waals surface area contributed by atoms with E-state index in [4.69, 9.17) is 9.47 Å². The summed E-state index contributed by atoms with van der Waals surface area (Å²) in [5.41, 5.74) is 0.878. The first-order valence-electron chi connectivity index (χ1n) is 7.33. The van der Waals surface area contributed by atoms with Crippen molar-refractivity contribution in [3.05, 3.63) is 35.9 Å². The molecule has 0 aromatic heterocycles. The molecule has 1 unspecified atom stereocenters. The number of rotatable bonds is 8. The van der Waals surface area contributed by atoms with Crippen LogP contribution in [-0.4, -0.2) is 32.1 Å². The largest absolute Gasteiger partial charge is 0.497 e. The van der Waals surface area contributed by atoms with Crippen molar-refractivity contribution in [2.24, 2.45) is 5.92 Å². The van der Waals surface area contributed by atoms with Gasteiger partial charge in [-0.05, 0) is 30.2 Å². The zero-order valence-corrected chi connectivity index (χ0v) is 13.3. The Balaban J connectivity index is 2.28. The van der Waals surface area contributed by atoms with E-state index >= 15 is 0 Å². The number of esters is 1. The van der Waals surface area contributed by atoms with Crippen molar-refractivity contribution in [2.45, 2.75) is 20.3 Å². The molecule has 0 saturated heterocycles. The van der Waals surface area contributed by atoms with Crippen LogP contribution in [0.2, 0.25) is 0 Å². The van der Waals surface area contributed by atoms with Crippen molar-refractivity contribution in [2.75, 3.05) is 20.3 Å². The number of amides is 1. The first-order valence-corrected chi connectivity index (χ1v) is 7.33. The van der Waals surface area contributed by atoms with Gasteiger partial charge < -0.3 is 14.8 Å². The van der Waals surface area contributed by atoms with Crippen LogP contribution in [0.3, 0.4) is 0 Å². The number of hydrogen-bond donors (Lipinski definition) is 1. The summed E-state index contributed by atoms with van der Waals surface area (Å²) in [5.74, 6) is 0.281. The maximum atomic E-state index is 11.5. The van der Waals surface area contributed by atoms with Crippen molar-refractivity contribution in [3.8, 4) is 5.75 Å². The number of nitrogens with one attached hydrogen (secondary N) is 1. The summed E-state index contributed by atoms with van der Waals surface area (Å²) in [7, 11) is 1.60. The van der Waals surface area contributed by atoms with Gasteiger partial charge in [0.25, 0.3) is 0 Å². The maximum Gasteiger partial charge on any atom is 0.330 e. The second-order valence-corrected chi connectivity index (χ2v) is 4.87. The average Bonchev–Trinajstić information content (AvgIpc) is 2.56. The molecule has 1 rings (SSSR count). The first kappa shape index (κ1) is 17.8. The van der Waals surface area contributed by atoms with Gasteiger partial charge in [0, 0.05) is 12.0 Å². The molecule has 1 amide bonds. The molecule has 0 radical (unpaired) electrons. The van der Waals surface area contributed by atoms with Crippen LogP contribution < -0.4 is 10.1 Å². The molecule has 0 aliphatic rings. The van der Waals surface area contributed by atoms with Crippen LogP contribution in [0.1, 0.15) is 25.8 Å². The minimum atomic E-state index is -0.436. The van der Waals surface area contributed by atoms with Crippen molar-refractivity contribution < 1.29 is 19.1 Å². The summed E-state index contributed by atoms with van der Waals surface area (Å²) in [6, 6.07) is 7.31. The molecule has 22 heavy (non-hydrogen) atoms. The highest BCUT2D eigenvalue weighted by molar-refractivity contribution is 5.87. The van der Waals surface area contributed by atoms with Crippen LogP contribution in [-0.2, 0) is 14.3 Å². The third-order valence-electron chi connectivity index (χ3n) is 3.23. The van der Waals surface area contributed by atoms with Crippen molar-refractivity contribution in [1.29, 1.82) is 0 Å². The summed E-state index contributed by atoms with van der Waals surface area (Å²) in [6.07, 6.45) is 3.81. The Morgan fingerprint density at radius 2 is 1.95 bits per heavy atom. The Kier molecular flexibility index (Phi) is 7.75. The predicted molar refractivity (Wildman–Crippen MR) is 85.5 cm³/mol. The Morgan fingerprint density at radius 1 is 1.27 bits per heavy atom. The third-order valence-corrected chi connectivity index (χ3v) is 3.23. The standard InChI is InChI=1S/C17H23NO4/c1-4-13(2)17(20)18-11-12-22-16(19)10-7-14-5-8-15(21-3)9-6-14/h5-10,13H,4,11-12H2,1-3H3,(H,18,20)/b10-7+. The molecule has 0 aliphatic heterocycles. The van der Waals surface area contributed by atoms with E-state index in [1.807, 2.05) is 38.1 Å². The third kappa shape index (κ3) is 6.43. The van der Waals surface area contributed by atoms with Crippen molar-refractivity contribution in [1.82, 2.24) is 5.32 Å². The van der Waals surface area contributed by atoms with Crippen molar-refractivity contribution in [3.63, 3.8) is 0 Å². The van der Waals surface area contributed by atoms with Crippen LogP contribution in [0.5, 0.6) is 5.75 Å². The van der Waals surface area contributed by atoms with Crippen LogP contribution in [0.25, 0.3) is 6.08 Å². The van der Waals surface area contributed by atoms with E-state index in [9.17, 15) is 9.59 Å². The fourth-order valence-corrected chi connectivity index (χ4v) is 1.61. The smallest absolute Gasteiger partial charge is 0.330 e. The van der Waals surface area contributed by atoms with Gasteiger partial charge in [-0.15, -0.1) is 0 Å². The van der Waals surface area contributed by atoms with Crippen LogP contribution in [0, 0.1) is 5.92 Å². The summed E-state index contributed by atoms with van der Waals surface area (Å²) >= 11 is 0. The molecule has 1 N–H and O–H groups in total. The SMILES string of the molecule is CCC(C)C(=O)NCCOC(=O)/C=C/c1ccc(OC)cc1. The van der Waals surface area contributed by atoms with Gasteiger partial charge in [0.15, 0.2) is 0 Å². The summed E-state index contributed by atoms with van der Waals surface area (Å²) in [4.78, 5) is 23.0. The Hall–Kier alpha value is -2.30. The second kappa shape index (κ2) is 9.60. The topological polar surface area (TPSA) is 64.6 Å². The van der Waals surface area contributed by atoms with Gasteiger partial charge in [-0.2, -0.15) is 0 Å². The number of carbonyl (C=O) groups excluding carboxylic acids is 2. The lowest BCUT2D eigenvalue weighted by atomic mass is 10.1. The van der Waals surface area contributed by atoms with Crippen LogP contribution in [0.4, 0.5) is 0 Å². The van der Waals surface area contributed by atoms with Crippen molar-refractivity contribution >= 4 is 18.0 Å². The molecular formula is C17H23NO4.